The molecule has 46 valence electrons. The van der Waals surface area contributed by atoms with Crippen molar-refractivity contribution in [2.24, 2.45) is 0 Å². The van der Waals surface area contributed by atoms with Crippen molar-refractivity contribution in [1.29, 1.82) is 0 Å². The average Bonchev–Trinajstić information content (AvgIpc) is 2.22. The molecule has 2 heterocycles. The van der Waals surface area contributed by atoms with Crippen molar-refractivity contribution >= 4 is 26.7 Å². The summed E-state index contributed by atoms with van der Waals surface area (Å²) in [5, 5.41) is 0.810. The second kappa shape index (κ2) is 1.48. The summed E-state index contributed by atoms with van der Waals surface area (Å²) in [4.78, 5) is 7.96. The van der Waals surface area contributed by atoms with Gasteiger partial charge in [-0.1, -0.05) is 11.3 Å². The van der Waals surface area contributed by atoms with Crippen LogP contribution in [0.3, 0.4) is 0 Å². The van der Waals surface area contributed by atoms with Crippen molar-refractivity contribution in [3.8, 4) is 0 Å². The van der Waals surface area contributed by atoms with Gasteiger partial charge in [0.05, 0.1) is 16.8 Å². The van der Waals surface area contributed by atoms with Gasteiger partial charge in [0.15, 0.2) is 0 Å². The zero-order chi connectivity index (χ0) is 6.27. The van der Waals surface area contributed by atoms with Crippen molar-refractivity contribution in [1.82, 2.24) is 9.97 Å². The van der Waals surface area contributed by atoms with Crippen molar-refractivity contribution in [2.75, 3.05) is 5.73 Å². The minimum atomic E-state index is 0.810. The second-order valence-electron chi connectivity index (χ2n) is 1.77. The molecule has 2 aromatic heterocycles. The van der Waals surface area contributed by atoms with Crippen LogP contribution in [0.25, 0.3) is 10.3 Å². The number of nitrogens with two attached hydrogens (primary N) is 1. The monoisotopic (exact) mass is 139 g/mol. The quantitative estimate of drug-likeness (QED) is 0.576. The Morgan fingerprint density at radius 3 is 3.33 bits per heavy atom. The first-order valence-electron chi connectivity index (χ1n) is 2.54. The molecular formula is C5H5N3S. The van der Waals surface area contributed by atoms with Crippen LogP contribution in [0.4, 0.5) is 5.00 Å². The van der Waals surface area contributed by atoms with E-state index in [0.717, 1.165) is 15.3 Å². The molecule has 0 aliphatic carbocycles. The van der Waals surface area contributed by atoms with E-state index >= 15 is 0 Å². The number of nitrogens with one attached hydrogen (secondary N) is 1. The Bertz CT molecular complexity index is 293. The van der Waals surface area contributed by atoms with E-state index in [1.807, 2.05) is 6.07 Å². The van der Waals surface area contributed by atoms with Crippen molar-refractivity contribution in [3.63, 3.8) is 0 Å². The van der Waals surface area contributed by atoms with Crippen LogP contribution in [0, 0.1) is 0 Å². The van der Waals surface area contributed by atoms with E-state index in [0.29, 0.717) is 0 Å². The number of H-pyrrole nitrogens is 1. The molecular weight excluding hydrogens is 134 g/mol. The predicted molar refractivity (Wildman–Crippen MR) is 38.4 cm³/mol. The van der Waals surface area contributed by atoms with E-state index in [2.05, 4.69) is 9.97 Å². The Hall–Kier alpha value is -1.03. The minimum Gasteiger partial charge on any atom is -0.390 e. The Balaban J connectivity index is 2.92. The molecule has 2 aromatic rings. The first kappa shape index (κ1) is 4.81. The molecule has 3 nitrogen and oxygen atoms in total. The summed E-state index contributed by atoms with van der Waals surface area (Å²) < 4.78 is 0. The fraction of sp³-hybridized carbons (Fsp3) is 0. The number of nitrogen functional groups attached to an aromatic ring is 1. The van der Waals surface area contributed by atoms with Crippen LogP contribution in [0.5, 0.6) is 0 Å². The molecule has 0 spiro atoms. The number of nitrogens with zero attached hydrogens (tertiary/aromatic N) is 1. The molecule has 0 atom stereocenters. The van der Waals surface area contributed by atoms with E-state index < -0.39 is 0 Å². The third kappa shape index (κ3) is 0.598. The molecule has 0 saturated carbocycles. The van der Waals surface area contributed by atoms with Gasteiger partial charge in [-0.05, 0) is 6.07 Å². The Kier molecular flexibility index (Phi) is 0.790. The lowest BCUT2D eigenvalue weighted by molar-refractivity contribution is 1.35. The van der Waals surface area contributed by atoms with Gasteiger partial charge in [0.2, 0.25) is 0 Å². The number of imidazole rings is 1. The zero-order valence-corrected chi connectivity index (χ0v) is 5.40. The van der Waals surface area contributed by atoms with E-state index in [1.165, 1.54) is 11.3 Å². The Labute approximate surface area is 55.5 Å². The lowest BCUT2D eigenvalue weighted by Crippen LogP contribution is -1.73. The molecule has 0 aliphatic heterocycles. The lowest BCUT2D eigenvalue weighted by Gasteiger charge is -1.72. The summed E-state index contributed by atoms with van der Waals surface area (Å²) in [6, 6.07) is 1.88. The number of hydrogen-bond donors (Lipinski definition) is 2. The predicted octanol–water partition coefficient (Wildman–Crippen LogP) is 1.21. The molecule has 2 rings (SSSR count). The van der Waals surface area contributed by atoms with E-state index in [-0.39, 0.29) is 0 Å². The van der Waals surface area contributed by atoms with Crippen LogP contribution < -0.4 is 5.73 Å². The summed E-state index contributed by atoms with van der Waals surface area (Å²) in [6.07, 6.45) is 1.67. The van der Waals surface area contributed by atoms with Gasteiger partial charge in [-0.25, -0.2) is 4.98 Å². The van der Waals surface area contributed by atoms with Gasteiger partial charge in [-0.3, -0.25) is 0 Å². The molecule has 3 N–H and O–H groups in total. The van der Waals surface area contributed by atoms with E-state index in [9.17, 15) is 0 Å². The number of fused-ring (bicyclic) bond motifs is 1. The van der Waals surface area contributed by atoms with Crippen LogP contribution >= 0.6 is 11.3 Å². The fourth-order valence-electron chi connectivity index (χ4n) is 0.760. The fourth-order valence-corrected chi connectivity index (χ4v) is 1.49. The van der Waals surface area contributed by atoms with E-state index in [1.54, 1.807) is 6.33 Å². The highest BCUT2D eigenvalue weighted by Crippen LogP contribution is 2.23. The summed E-state index contributed by atoms with van der Waals surface area (Å²) >= 11 is 1.49. The van der Waals surface area contributed by atoms with Gasteiger partial charge in [0, 0.05) is 0 Å². The third-order valence-electron chi connectivity index (χ3n) is 1.13. The second-order valence-corrected chi connectivity index (χ2v) is 2.83. The van der Waals surface area contributed by atoms with Gasteiger partial charge < -0.3 is 10.7 Å². The number of thiophene rings is 1. The number of aromatic amines is 1. The molecule has 0 saturated heterocycles. The third-order valence-corrected chi connectivity index (χ3v) is 2.01. The Morgan fingerprint density at radius 2 is 2.56 bits per heavy atom. The largest absolute Gasteiger partial charge is 0.390 e. The summed E-state index contributed by atoms with van der Waals surface area (Å²) in [5.74, 6) is 0. The molecule has 0 radical (unpaired) electrons. The topological polar surface area (TPSA) is 54.7 Å². The highest BCUT2D eigenvalue weighted by atomic mass is 32.1. The maximum atomic E-state index is 5.49. The van der Waals surface area contributed by atoms with Crippen molar-refractivity contribution < 1.29 is 0 Å². The first-order chi connectivity index (χ1) is 4.36. The van der Waals surface area contributed by atoms with Crippen LogP contribution in [-0.2, 0) is 0 Å². The average molecular weight is 139 g/mol. The van der Waals surface area contributed by atoms with Gasteiger partial charge in [-0.15, -0.1) is 0 Å². The smallest absolute Gasteiger partial charge is 0.143 e. The lowest BCUT2D eigenvalue weighted by atomic mass is 10.5. The molecule has 0 unspecified atom stereocenters. The zero-order valence-electron chi connectivity index (χ0n) is 4.59. The first-order valence-corrected chi connectivity index (χ1v) is 3.36. The summed E-state index contributed by atoms with van der Waals surface area (Å²) in [6.45, 7) is 0. The molecule has 4 heteroatoms. The maximum absolute atomic E-state index is 5.49. The van der Waals surface area contributed by atoms with Gasteiger partial charge in [0.1, 0.15) is 4.83 Å². The van der Waals surface area contributed by atoms with Crippen LogP contribution in [0.1, 0.15) is 0 Å². The molecule has 0 aromatic carbocycles. The summed E-state index contributed by atoms with van der Waals surface area (Å²) in [5.41, 5.74) is 6.52. The molecule has 0 aliphatic rings. The van der Waals surface area contributed by atoms with Crippen LogP contribution in [0.15, 0.2) is 12.4 Å². The molecule has 0 fully saturated rings. The standard InChI is InChI=1S/C5H5N3S/c6-4-1-3-5(9-4)8-2-7-3/h1-2H,6H2,(H,7,8). The maximum Gasteiger partial charge on any atom is 0.143 e. The highest BCUT2D eigenvalue weighted by Gasteiger charge is 1.97. The molecule has 0 bridgehead atoms. The number of anilines is 1. The van der Waals surface area contributed by atoms with Crippen LogP contribution in [0.2, 0.25) is 0 Å². The number of aromatic nitrogens is 2. The van der Waals surface area contributed by atoms with Gasteiger partial charge >= 0.3 is 0 Å². The molecule has 0 amide bonds. The van der Waals surface area contributed by atoms with Crippen molar-refractivity contribution in [3.05, 3.63) is 12.4 Å². The SMILES string of the molecule is Nc1cc2[nH]cnc2s1. The number of hydrogen-bond acceptors (Lipinski definition) is 3. The Morgan fingerprint density at radius 1 is 1.67 bits per heavy atom. The summed E-state index contributed by atoms with van der Waals surface area (Å²) in [7, 11) is 0. The van der Waals surface area contributed by atoms with Gasteiger partial charge in [0.25, 0.3) is 0 Å². The van der Waals surface area contributed by atoms with Crippen molar-refractivity contribution in [2.45, 2.75) is 0 Å². The normalized spacial score (nSPS) is 10.7. The van der Waals surface area contributed by atoms with Crippen LogP contribution in [-0.4, -0.2) is 9.97 Å². The minimum absolute atomic E-state index is 0.810. The van der Waals surface area contributed by atoms with E-state index in [4.69, 9.17) is 5.73 Å². The van der Waals surface area contributed by atoms with Gasteiger partial charge in [-0.2, -0.15) is 0 Å². The number of rotatable bonds is 0. The highest BCUT2D eigenvalue weighted by molar-refractivity contribution is 7.22. The molecule has 9 heavy (non-hydrogen) atoms.